The van der Waals surface area contributed by atoms with E-state index in [0.717, 1.165) is 13.0 Å². The van der Waals surface area contributed by atoms with Crippen molar-refractivity contribution in [1.29, 1.82) is 0 Å². The SMILES string of the molecule is COC1CN(C(=O)c2ccc(Br)c(O)c2)CCC1C. The Hall–Kier alpha value is -1.07. The number of benzene rings is 1. The molecule has 1 aromatic rings. The fraction of sp³-hybridized carbons (Fsp3) is 0.500. The summed E-state index contributed by atoms with van der Waals surface area (Å²) in [6.07, 6.45) is 1.02. The van der Waals surface area contributed by atoms with Gasteiger partial charge in [0.25, 0.3) is 5.91 Å². The monoisotopic (exact) mass is 327 g/mol. The highest BCUT2D eigenvalue weighted by molar-refractivity contribution is 9.10. The summed E-state index contributed by atoms with van der Waals surface area (Å²) >= 11 is 3.21. The zero-order valence-electron chi connectivity index (χ0n) is 11.1. The second-order valence-corrected chi connectivity index (χ2v) is 5.81. The zero-order chi connectivity index (χ0) is 14.0. The molecule has 0 saturated carbocycles. The Labute approximate surface area is 121 Å². The molecule has 1 saturated heterocycles. The Bertz CT molecular complexity index is 478. The molecule has 4 nitrogen and oxygen atoms in total. The van der Waals surface area contributed by atoms with Crippen molar-refractivity contribution in [3.05, 3.63) is 28.2 Å². The van der Waals surface area contributed by atoms with Crippen LogP contribution in [-0.4, -0.2) is 42.2 Å². The molecule has 0 spiro atoms. The lowest BCUT2D eigenvalue weighted by atomic mass is 9.95. The largest absolute Gasteiger partial charge is 0.507 e. The summed E-state index contributed by atoms with van der Waals surface area (Å²) in [6, 6.07) is 4.89. The highest BCUT2D eigenvalue weighted by Gasteiger charge is 2.29. The van der Waals surface area contributed by atoms with E-state index < -0.39 is 0 Å². The van der Waals surface area contributed by atoms with Gasteiger partial charge in [-0.3, -0.25) is 4.79 Å². The number of ether oxygens (including phenoxy) is 1. The highest BCUT2D eigenvalue weighted by Crippen LogP contribution is 2.26. The second-order valence-electron chi connectivity index (χ2n) is 4.96. The molecule has 2 rings (SSSR count). The molecule has 1 N–H and O–H groups in total. The van der Waals surface area contributed by atoms with Crippen LogP contribution in [0.3, 0.4) is 0 Å². The lowest BCUT2D eigenvalue weighted by Gasteiger charge is -2.36. The summed E-state index contributed by atoms with van der Waals surface area (Å²) in [7, 11) is 1.68. The number of hydrogen-bond donors (Lipinski definition) is 1. The van der Waals surface area contributed by atoms with Crippen molar-refractivity contribution in [2.24, 2.45) is 5.92 Å². The van der Waals surface area contributed by atoms with Crippen LogP contribution >= 0.6 is 15.9 Å². The number of amides is 1. The Balaban J connectivity index is 2.13. The smallest absolute Gasteiger partial charge is 0.254 e. The molecule has 1 aliphatic rings. The van der Waals surface area contributed by atoms with Crippen LogP contribution in [0, 0.1) is 5.92 Å². The number of carbonyl (C=O) groups excluding carboxylic acids is 1. The Morgan fingerprint density at radius 2 is 2.26 bits per heavy atom. The molecule has 19 heavy (non-hydrogen) atoms. The maximum atomic E-state index is 12.4. The summed E-state index contributed by atoms with van der Waals surface area (Å²) < 4.78 is 6.00. The average Bonchev–Trinajstić information content (AvgIpc) is 2.41. The first-order valence-corrected chi connectivity index (χ1v) is 7.12. The molecule has 0 bridgehead atoms. The standard InChI is InChI=1S/C14H18BrNO3/c1-9-5-6-16(8-13(9)19-2)14(18)10-3-4-11(15)12(17)7-10/h3-4,7,9,13,17H,5-6,8H2,1-2H3. The lowest BCUT2D eigenvalue weighted by molar-refractivity contribution is -0.00157. The molecule has 0 aromatic heterocycles. The maximum absolute atomic E-state index is 12.4. The van der Waals surface area contributed by atoms with E-state index in [0.29, 0.717) is 22.5 Å². The second kappa shape index (κ2) is 5.92. The number of likely N-dealkylation sites (tertiary alicyclic amines) is 1. The molecule has 0 aliphatic carbocycles. The van der Waals surface area contributed by atoms with Crippen molar-refractivity contribution in [3.63, 3.8) is 0 Å². The molecule has 104 valence electrons. The summed E-state index contributed by atoms with van der Waals surface area (Å²) in [5, 5.41) is 9.65. The van der Waals surface area contributed by atoms with Gasteiger partial charge >= 0.3 is 0 Å². The predicted octanol–water partition coefficient (Wildman–Crippen LogP) is 2.65. The van der Waals surface area contributed by atoms with Crippen LogP contribution in [0.25, 0.3) is 0 Å². The van der Waals surface area contributed by atoms with E-state index >= 15 is 0 Å². The number of rotatable bonds is 2. The van der Waals surface area contributed by atoms with Gasteiger partial charge in [-0.1, -0.05) is 6.92 Å². The van der Waals surface area contributed by atoms with Gasteiger partial charge in [0.05, 0.1) is 10.6 Å². The molecule has 1 aliphatic heterocycles. The van der Waals surface area contributed by atoms with Crippen LogP contribution < -0.4 is 0 Å². The average molecular weight is 328 g/mol. The predicted molar refractivity (Wildman–Crippen MR) is 76.3 cm³/mol. The molecular weight excluding hydrogens is 310 g/mol. The van der Waals surface area contributed by atoms with Gasteiger partial charge in [-0.25, -0.2) is 0 Å². The molecule has 1 heterocycles. The fourth-order valence-electron chi connectivity index (χ4n) is 2.35. The minimum Gasteiger partial charge on any atom is -0.507 e. The molecule has 2 atom stereocenters. The lowest BCUT2D eigenvalue weighted by Crippen LogP contribution is -2.46. The Kier molecular flexibility index (Phi) is 4.47. The van der Waals surface area contributed by atoms with Crippen molar-refractivity contribution >= 4 is 21.8 Å². The fourth-order valence-corrected chi connectivity index (χ4v) is 2.60. The van der Waals surface area contributed by atoms with E-state index in [1.165, 1.54) is 6.07 Å². The third-order valence-electron chi connectivity index (χ3n) is 3.67. The zero-order valence-corrected chi connectivity index (χ0v) is 12.7. The molecule has 5 heteroatoms. The van der Waals surface area contributed by atoms with Gasteiger partial charge < -0.3 is 14.7 Å². The summed E-state index contributed by atoms with van der Waals surface area (Å²) in [4.78, 5) is 14.2. The minimum absolute atomic E-state index is 0.0586. The number of phenolic OH excluding ortho intramolecular Hbond substituents is 1. The van der Waals surface area contributed by atoms with E-state index in [4.69, 9.17) is 4.74 Å². The maximum Gasteiger partial charge on any atom is 0.254 e. The third-order valence-corrected chi connectivity index (χ3v) is 4.34. The normalized spacial score (nSPS) is 23.4. The number of nitrogens with zero attached hydrogens (tertiary/aromatic N) is 1. The first-order chi connectivity index (χ1) is 9.02. The van der Waals surface area contributed by atoms with Gasteiger partial charge in [0.2, 0.25) is 0 Å². The molecular formula is C14H18BrNO3. The van der Waals surface area contributed by atoms with E-state index in [9.17, 15) is 9.90 Å². The van der Waals surface area contributed by atoms with Crippen molar-refractivity contribution in [2.45, 2.75) is 19.4 Å². The first-order valence-electron chi connectivity index (χ1n) is 6.33. The van der Waals surface area contributed by atoms with Crippen LogP contribution in [0.15, 0.2) is 22.7 Å². The number of carbonyl (C=O) groups is 1. The third kappa shape index (κ3) is 3.09. The van der Waals surface area contributed by atoms with E-state index in [-0.39, 0.29) is 17.8 Å². The highest BCUT2D eigenvalue weighted by atomic mass is 79.9. The summed E-state index contributed by atoms with van der Waals surface area (Å²) in [5.74, 6) is 0.489. The number of halogens is 1. The van der Waals surface area contributed by atoms with E-state index in [2.05, 4.69) is 22.9 Å². The summed E-state index contributed by atoms with van der Waals surface area (Å²) in [6.45, 7) is 3.48. The van der Waals surface area contributed by atoms with Crippen LogP contribution in [-0.2, 0) is 4.74 Å². The van der Waals surface area contributed by atoms with Gasteiger partial charge in [0.15, 0.2) is 0 Å². The number of aromatic hydroxyl groups is 1. The molecule has 1 fully saturated rings. The van der Waals surface area contributed by atoms with Crippen LogP contribution in [0.5, 0.6) is 5.75 Å². The quantitative estimate of drug-likeness (QED) is 0.908. The van der Waals surface area contributed by atoms with Gasteiger partial charge in [-0.2, -0.15) is 0 Å². The molecule has 0 radical (unpaired) electrons. The number of phenols is 1. The Morgan fingerprint density at radius 3 is 2.89 bits per heavy atom. The molecule has 1 aromatic carbocycles. The number of piperidine rings is 1. The van der Waals surface area contributed by atoms with E-state index in [1.807, 2.05) is 0 Å². The molecule has 1 amide bonds. The van der Waals surface area contributed by atoms with Crippen molar-refractivity contribution < 1.29 is 14.6 Å². The van der Waals surface area contributed by atoms with Crippen molar-refractivity contribution in [1.82, 2.24) is 4.90 Å². The Morgan fingerprint density at radius 1 is 1.53 bits per heavy atom. The van der Waals surface area contributed by atoms with Crippen LogP contribution in [0.1, 0.15) is 23.7 Å². The topological polar surface area (TPSA) is 49.8 Å². The summed E-state index contributed by atoms with van der Waals surface area (Å²) in [5.41, 5.74) is 0.505. The number of hydrogen-bond acceptors (Lipinski definition) is 3. The van der Waals surface area contributed by atoms with Crippen molar-refractivity contribution in [3.8, 4) is 5.75 Å². The van der Waals surface area contributed by atoms with Crippen LogP contribution in [0.4, 0.5) is 0 Å². The minimum atomic E-state index is -0.0586. The van der Waals surface area contributed by atoms with Crippen LogP contribution in [0.2, 0.25) is 0 Å². The van der Waals surface area contributed by atoms with Crippen molar-refractivity contribution in [2.75, 3.05) is 20.2 Å². The van der Waals surface area contributed by atoms with Gasteiger partial charge in [-0.15, -0.1) is 0 Å². The first kappa shape index (κ1) is 14.3. The van der Waals surface area contributed by atoms with Gasteiger partial charge in [0, 0.05) is 25.8 Å². The molecule has 2 unspecified atom stereocenters. The van der Waals surface area contributed by atoms with E-state index in [1.54, 1.807) is 24.1 Å². The van der Waals surface area contributed by atoms with Gasteiger partial charge in [0.1, 0.15) is 5.75 Å². The number of methoxy groups -OCH3 is 1. The van der Waals surface area contributed by atoms with Gasteiger partial charge in [-0.05, 0) is 46.5 Å².